The monoisotopic (exact) mass is 308 g/mol. The summed E-state index contributed by atoms with van der Waals surface area (Å²) in [5.74, 6) is 0.539. The van der Waals surface area contributed by atoms with Gasteiger partial charge in [-0.15, -0.1) is 10.2 Å². The maximum atomic E-state index is 11.5. The van der Waals surface area contributed by atoms with Crippen molar-refractivity contribution in [3.05, 3.63) is 40.9 Å². The number of carbonyl (C=O) groups excluding carboxylic acids is 1. The molecule has 1 aliphatic heterocycles. The highest BCUT2D eigenvalue weighted by Gasteiger charge is 2.27. The summed E-state index contributed by atoms with van der Waals surface area (Å²) in [5, 5.41) is 7.91. The Morgan fingerprint density at radius 2 is 2.33 bits per heavy atom. The fraction of sp³-hybridized carbons (Fsp3) is 0.308. The van der Waals surface area contributed by atoms with E-state index < -0.39 is 5.91 Å². The van der Waals surface area contributed by atoms with Gasteiger partial charge in [0.05, 0.1) is 25.0 Å². The van der Waals surface area contributed by atoms with Gasteiger partial charge in [-0.25, -0.2) is 0 Å². The van der Waals surface area contributed by atoms with Crippen LogP contribution in [-0.4, -0.2) is 35.8 Å². The summed E-state index contributed by atoms with van der Waals surface area (Å²) in [5.41, 5.74) is 5.62. The number of carbonyl (C=O) groups is 1. The molecule has 3 rings (SSSR count). The van der Waals surface area contributed by atoms with E-state index in [-0.39, 0.29) is 16.8 Å². The zero-order valence-corrected chi connectivity index (χ0v) is 11.8. The molecule has 2 aromatic heterocycles. The number of anilines is 1. The third kappa shape index (κ3) is 2.84. The Hall–Kier alpha value is -2.12. The van der Waals surface area contributed by atoms with Gasteiger partial charge in [0.2, 0.25) is 0 Å². The van der Waals surface area contributed by atoms with E-state index in [2.05, 4.69) is 10.2 Å². The average molecular weight is 309 g/mol. The number of hydrogen-bond acceptors (Lipinski definition) is 6. The minimum atomic E-state index is -0.595. The van der Waals surface area contributed by atoms with Crippen molar-refractivity contribution in [3.8, 4) is 0 Å². The van der Waals surface area contributed by atoms with Crippen LogP contribution >= 0.6 is 11.6 Å². The maximum Gasteiger partial charge on any atom is 0.252 e. The Labute approximate surface area is 125 Å². The average Bonchev–Trinajstić information content (AvgIpc) is 3.01. The van der Waals surface area contributed by atoms with Gasteiger partial charge in [-0.3, -0.25) is 4.79 Å². The predicted octanol–water partition coefficient (Wildman–Crippen LogP) is 1.40. The number of nitrogens with zero attached hydrogens (tertiary/aromatic N) is 3. The maximum absolute atomic E-state index is 11.5. The van der Waals surface area contributed by atoms with E-state index in [4.69, 9.17) is 26.5 Å². The van der Waals surface area contributed by atoms with Crippen LogP contribution in [0, 0.1) is 0 Å². The zero-order chi connectivity index (χ0) is 14.8. The third-order valence-corrected chi connectivity index (χ3v) is 3.42. The van der Waals surface area contributed by atoms with Crippen molar-refractivity contribution in [2.75, 3.05) is 24.6 Å². The van der Waals surface area contributed by atoms with E-state index >= 15 is 0 Å². The fourth-order valence-corrected chi connectivity index (χ4v) is 2.41. The number of amides is 1. The van der Waals surface area contributed by atoms with Crippen LogP contribution in [0.25, 0.3) is 0 Å². The summed E-state index contributed by atoms with van der Waals surface area (Å²) in [7, 11) is 0. The van der Waals surface area contributed by atoms with Gasteiger partial charge in [0, 0.05) is 6.54 Å². The van der Waals surface area contributed by atoms with Gasteiger partial charge in [0.15, 0.2) is 11.0 Å². The van der Waals surface area contributed by atoms with Crippen LogP contribution < -0.4 is 10.6 Å². The number of primary amides is 1. The molecule has 2 aromatic rings. The second-order valence-corrected chi connectivity index (χ2v) is 4.98. The molecule has 8 heteroatoms. The number of ether oxygens (including phenoxy) is 1. The number of rotatable bonds is 3. The molecule has 1 saturated heterocycles. The van der Waals surface area contributed by atoms with Gasteiger partial charge in [0.1, 0.15) is 11.9 Å². The van der Waals surface area contributed by atoms with Crippen molar-refractivity contribution in [3.63, 3.8) is 0 Å². The highest BCUT2D eigenvalue weighted by Crippen LogP contribution is 2.27. The highest BCUT2D eigenvalue weighted by atomic mass is 35.5. The number of nitrogens with two attached hydrogens (primary N) is 1. The molecule has 110 valence electrons. The van der Waals surface area contributed by atoms with E-state index in [1.54, 1.807) is 12.3 Å². The molecule has 1 aliphatic rings. The first-order valence-electron chi connectivity index (χ1n) is 6.38. The number of halogens is 1. The van der Waals surface area contributed by atoms with Crippen LogP contribution in [0.3, 0.4) is 0 Å². The SMILES string of the molecule is NC(=O)c1cc(Cl)nnc1N1CCOC(c2ccco2)C1. The molecule has 1 amide bonds. The second kappa shape index (κ2) is 5.71. The molecule has 0 aromatic carbocycles. The van der Waals surface area contributed by atoms with Gasteiger partial charge in [-0.05, 0) is 18.2 Å². The van der Waals surface area contributed by atoms with E-state index in [0.717, 1.165) is 5.76 Å². The third-order valence-electron chi connectivity index (χ3n) is 3.24. The minimum Gasteiger partial charge on any atom is -0.467 e. The Balaban J connectivity index is 1.88. The van der Waals surface area contributed by atoms with E-state index in [1.165, 1.54) is 6.07 Å². The van der Waals surface area contributed by atoms with Crippen molar-refractivity contribution < 1.29 is 13.9 Å². The number of aromatic nitrogens is 2. The quantitative estimate of drug-likeness (QED) is 0.921. The number of furan rings is 1. The molecular formula is C13H13ClN4O3. The van der Waals surface area contributed by atoms with E-state index in [0.29, 0.717) is 25.5 Å². The molecule has 1 unspecified atom stereocenters. The Morgan fingerprint density at radius 1 is 1.48 bits per heavy atom. The van der Waals surface area contributed by atoms with Crippen molar-refractivity contribution >= 4 is 23.3 Å². The van der Waals surface area contributed by atoms with Crippen LogP contribution in [0.15, 0.2) is 28.9 Å². The summed E-state index contributed by atoms with van der Waals surface area (Å²) in [6.07, 6.45) is 1.36. The number of morpholine rings is 1. The standard InChI is InChI=1S/C13H13ClN4O3/c14-11-6-8(12(15)19)13(17-16-11)18-3-5-21-10(7-18)9-2-1-4-20-9/h1-2,4,6,10H,3,5,7H2,(H2,15,19). The molecule has 1 atom stereocenters. The molecule has 21 heavy (non-hydrogen) atoms. The van der Waals surface area contributed by atoms with Crippen molar-refractivity contribution in [1.29, 1.82) is 0 Å². The molecule has 1 fully saturated rings. The summed E-state index contributed by atoms with van der Waals surface area (Å²) in [6, 6.07) is 5.06. The highest BCUT2D eigenvalue weighted by molar-refractivity contribution is 6.29. The lowest BCUT2D eigenvalue weighted by atomic mass is 10.2. The summed E-state index contributed by atoms with van der Waals surface area (Å²) in [4.78, 5) is 13.4. The van der Waals surface area contributed by atoms with Gasteiger partial charge in [-0.2, -0.15) is 0 Å². The van der Waals surface area contributed by atoms with Gasteiger partial charge in [0.25, 0.3) is 5.91 Å². The van der Waals surface area contributed by atoms with Gasteiger partial charge in [-0.1, -0.05) is 11.6 Å². The molecule has 0 bridgehead atoms. The van der Waals surface area contributed by atoms with Gasteiger partial charge >= 0.3 is 0 Å². The number of hydrogen-bond donors (Lipinski definition) is 1. The molecule has 0 saturated carbocycles. The predicted molar refractivity (Wildman–Crippen MR) is 75.2 cm³/mol. The first-order chi connectivity index (χ1) is 10.1. The molecule has 7 nitrogen and oxygen atoms in total. The van der Waals surface area contributed by atoms with Crippen molar-refractivity contribution in [2.45, 2.75) is 6.10 Å². The normalized spacial score (nSPS) is 18.7. The van der Waals surface area contributed by atoms with Crippen LogP contribution in [0.2, 0.25) is 5.15 Å². The first-order valence-corrected chi connectivity index (χ1v) is 6.76. The molecule has 0 spiro atoms. The summed E-state index contributed by atoms with van der Waals surface area (Å²) in [6.45, 7) is 1.55. The second-order valence-electron chi connectivity index (χ2n) is 4.59. The lowest BCUT2D eigenvalue weighted by Gasteiger charge is -2.33. The molecule has 0 radical (unpaired) electrons. The zero-order valence-electron chi connectivity index (χ0n) is 11.0. The topological polar surface area (TPSA) is 94.5 Å². The van der Waals surface area contributed by atoms with Crippen LogP contribution in [0.4, 0.5) is 5.82 Å². The molecule has 2 N–H and O–H groups in total. The smallest absolute Gasteiger partial charge is 0.252 e. The molecule has 3 heterocycles. The van der Waals surface area contributed by atoms with E-state index in [1.807, 2.05) is 11.0 Å². The fourth-order valence-electron chi connectivity index (χ4n) is 2.26. The Morgan fingerprint density at radius 3 is 3.05 bits per heavy atom. The summed E-state index contributed by atoms with van der Waals surface area (Å²) < 4.78 is 11.0. The van der Waals surface area contributed by atoms with Crippen LogP contribution in [0.5, 0.6) is 0 Å². The molecule has 0 aliphatic carbocycles. The van der Waals surface area contributed by atoms with Crippen molar-refractivity contribution in [2.24, 2.45) is 5.73 Å². The van der Waals surface area contributed by atoms with Crippen molar-refractivity contribution in [1.82, 2.24) is 10.2 Å². The lowest BCUT2D eigenvalue weighted by molar-refractivity contribution is 0.0254. The first kappa shape index (κ1) is 13.8. The minimum absolute atomic E-state index is 0.128. The van der Waals surface area contributed by atoms with Crippen LogP contribution in [-0.2, 0) is 4.74 Å². The summed E-state index contributed by atoms with van der Waals surface area (Å²) >= 11 is 5.77. The molecular weight excluding hydrogens is 296 g/mol. The van der Waals surface area contributed by atoms with Crippen LogP contribution in [0.1, 0.15) is 22.2 Å². The van der Waals surface area contributed by atoms with Gasteiger partial charge < -0.3 is 19.8 Å². The Bertz CT molecular complexity index is 647. The lowest BCUT2D eigenvalue weighted by Crippen LogP contribution is -2.40. The Kier molecular flexibility index (Phi) is 3.76. The largest absolute Gasteiger partial charge is 0.467 e. The van der Waals surface area contributed by atoms with E-state index in [9.17, 15) is 4.79 Å².